The fourth-order valence-electron chi connectivity index (χ4n) is 4.04. The Morgan fingerprint density at radius 1 is 1.15 bits per heavy atom. The van der Waals surface area contributed by atoms with Crippen LogP contribution in [0.4, 0.5) is 5.69 Å². The number of nitrogen functional groups attached to an aromatic ring is 1. The highest BCUT2D eigenvalue weighted by atomic mass is 35.5. The number of pyridine rings is 1. The number of carboxylic acids is 1. The van der Waals surface area contributed by atoms with Crippen LogP contribution in [0.5, 0.6) is 5.75 Å². The number of carboxylic acid groups (broad SMARTS) is 1. The van der Waals surface area contributed by atoms with Crippen molar-refractivity contribution in [3.05, 3.63) is 83.2 Å². The van der Waals surface area contributed by atoms with Gasteiger partial charge in [-0.15, -0.1) is 12.4 Å². The average Bonchev–Trinajstić information content (AvgIpc) is 3.77. The summed E-state index contributed by atoms with van der Waals surface area (Å²) in [5, 5.41) is 20.3. The third-order valence-corrected chi connectivity index (χ3v) is 6.31. The van der Waals surface area contributed by atoms with Gasteiger partial charge in [-0.3, -0.25) is 15.0 Å². The summed E-state index contributed by atoms with van der Waals surface area (Å²) in [5.41, 5.74) is 7.16. The van der Waals surface area contributed by atoms with Crippen LogP contribution in [-0.4, -0.2) is 58.8 Å². The maximum atomic E-state index is 13.4. The van der Waals surface area contributed by atoms with Gasteiger partial charge in [0, 0.05) is 46.6 Å². The van der Waals surface area contributed by atoms with E-state index in [1.54, 1.807) is 48.3 Å². The number of hydrogen-bond donors (Lipinski definition) is 4. The molecule has 202 valence electrons. The molecule has 39 heavy (non-hydrogen) atoms. The van der Waals surface area contributed by atoms with Gasteiger partial charge in [-0.1, -0.05) is 12.7 Å². The van der Waals surface area contributed by atoms with E-state index in [0.717, 1.165) is 12.8 Å². The normalized spacial score (nSPS) is 12.1. The molecule has 2 aromatic carbocycles. The average molecular weight is 550 g/mol. The predicted molar refractivity (Wildman–Crippen MR) is 151 cm³/mol. The van der Waals surface area contributed by atoms with Crippen LogP contribution in [0, 0.1) is 5.41 Å². The topological polar surface area (TPSA) is 159 Å². The van der Waals surface area contributed by atoms with E-state index in [-0.39, 0.29) is 58.3 Å². The number of benzene rings is 2. The van der Waals surface area contributed by atoms with E-state index in [1.807, 2.05) is 0 Å². The van der Waals surface area contributed by atoms with Crippen molar-refractivity contribution < 1.29 is 24.2 Å². The number of carbonyl (C=O) groups is 3. The standard InChI is InChI=1S/C28H27N5O5.ClH/c1-4-15-13-21(26(34)31-17-7-5-16(6-8-17)25(29)30)20(14-23(15)38-3)19-11-12-22(32-24(19)28(36)37)27(35)33(2)18-9-10-18;/h4-8,11-14,18H,1,9-10H2,2-3H3,(H3,29,30)(H,31,34)(H,36,37);1H. The van der Waals surface area contributed by atoms with Gasteiger partial charge in [0.05, 0.1) is 7.11 Å². The van der Waals surface area contributed by atoms with Crippen molar-refractivity contribution in [2.45, 2.75) is 18.9 Å². The number of ether oxygens (including phenoxy) is 1. The number of amidine groups is 1. The lowest BCUT2D eigenvalue weighted by atomic mass is 9.94. The second kappa shape index (κ2) is 11.8. The smallest absolute Gasteiger partial charge is 0.355 e. The zero-order chi connectivity index (χ0) is 27.6. The number of hydrogen-bond acceptors (Lipinski definition) is 6. The van der Waals surface area contributed by atoms with Crippen LogP contribution in [0.25, 0.3) is 17.2 Å². The van der Waals surface area contributed by atoms with Gasteiger partial charge in [-0.05, 0) is 61.4 Å². The maximum absolute atomic E-state index is 13.4. The van der Waals surface area contributed by atoms with Crippen molar-refractivity contribution in [2.24, 2.45) is 5.73 Å². The third-order valence-electron chi connectivity index (χ3n) is 6.31. The van der Waals surface area contributed by atoms with Crippen molar-refractivity contribution >= 4 is 47.8 Å². The molecule has 1 saturated carbocycles. The largest absolute Gasteiger partial charge is 0.496 e. The molecule has 1 fully saturated rings. The number of nitrogens with two attached hydrogens (primary N) is 1. The summed E-state index contributed by atoms with van der Waals surface area (Å²) in [6, 6.07) is 12.6. The van der Waals surface area contributed by atoms with E-state index in [0.29, 0.717) is 22.6 Å². The van der Waals surface area contributed by atoms with E-state index in [1.165, 1.54) is 25.3 Å². The number of aromatic nitrogens is 1. The summed E-state index contributed by atoms with van der Waals surface area (Å²) in [6.45, 7) is 3.77. The Balaban J connectivity index is 0.00000420. The molecule has 3 aromatic rings. The Morgan fingerprint density at radius 2 is 1.82 bits per heavy atom. The lowest BCUT2D eigenvalue weighted by Crippen LogP contribution is -2.30. The number of amides is 2. The van der Waals surface area contributed by atoms with Crippen molar-refractivity contribution in [3.8, 4) is 16.9 Å². The molecular formula is C28H28ClN5O5. The molecule has 0 unspecified atom stereocenters. The van der Waals surface area contributed by atoms with Gasteiger partial charge in [0.1, 0.15) is 17.3 Å². The number of nitrogens with zero attached hydrogens (tertiary/aromatic N) is 2. The first-order valence-corrected chi connectivity index (χ1v) is 11.8. The van der Waals surface area contributed by atoms with Crippen LogP contribution in [0.1, 0.15) is 55.3 Å². The molecule has 2 amide bonds. The third kappa shape index (κ3) is 6.07. The first-order chi connectivity index (χ1) is 18.1. The fraction of sp³-hybridized carbons (Fsp3) is 0.179. The molecule has 0 bridgehead atoms. The molecule has 0 atom stereocenters. The highest BCUT2D eigenvalue weighted by Crippen LogP contribution is 2.35. The summed E-state index contributed by atoms with van der Waals surface area (Å²) < 4.78 is 5.45. The summed E-state index contributed by atoms with van der Waals surface area (Å²) in [6.07, 6.45) is 3.32. The van der Waals surface area contributed by atoms with Crippen molar-refractivity contribution in [3.63, 3.8) is 0 Å². The molecule has 0 radical (unpaired) electrons. The zero-order valence-corrected chi connectivity index (χ0v) is 22.2. The molecule has 0 spiro atoms. The quantitative estimate of drug-likeness (QED) is 0.229. The number of aromatic carboxylic acids is 1. The Hall–Kier alpha value is -4.70. The summed E-state index contributed by atoms with van der Waals surface area (Å²) in [5.74, 6) is -1.96. The molecule has 1 aromatic heterocycles. The lowest BCUT2D eigenvalue weighted by molar-refractivity contribution is 0.0690. The van der Waals surface area contributed by atoms with E-state index in [4.69, 9.17) is 15.9 Å². The Morgan fingerprint density at radius 3 is 2.36 bits per heavy atom. The monoisotopic (exact) mass is 549 g/mol. The van der Waals surface area contributed by atoms with Crippen LogP contribution < -0.4 is 15.8 Å². The van der Waals surface area contributed by atoms with E-state index in [2.05, 4.69) is 16.9 Å². The highest BCUT2D eigenvalue weighted by molar-refractivity contribution is 6.11. The van der Waals surface area contributed by atoms with Crippen molar-refractivity contribution in [1.82, 2.24) is 9.88 Å². The number of anilines is 1. The van der Waals surface area contributed by atoms with Gasteiger partial charge in [0.2, 0.25) is 0 Å². The SMILES string of the molecule is C=Cc1cc(C(=O)Nc2ccc(C(=N)N)cc2)c(-c2ccc(C(=O)N(C)C3CC3)nc2C(=O)O)cc1OC.Cl. The van der Waals surface area contributed by atoms with E-state index in [9.17, 15) is 19.5 Å². The van der Waals surface area contributed by atoms with Gasteiger partial charge >= 0.3 is 5.97 Å². The molecule has 1 heterocycles. The zero-order valence-electron chi connectivity index (χ0n) is 21.4. The minimum Gasteiger partial charge on any atom is -0.496 e. The number of halogens is 1. The molecule has 5 N–H and O–H groups in total. The molecule has 1 aliphatic carbocycles. The van der Waals surface area contributed by atoms with Crippen LogP contribution in [0.15, 0.2) is 55.1 Å². The Kier molecular flexibility index (Phi) is 8.72. The number of carbonyl (C=O) groups excluding carboxylic acids is 2. The molecule has 0 aliphatic heterocycles. The molecular weight excluding hydrogens is 522 g/mol. The summed E-state index contributed by atoms with van der Waals surface area (Å²) in [4.78, 5) is 44.3. The molecule has 1 aliphatic rings. The number of methoxy groups -OCH3 is 1. The second-order valence-electron chi connectivity index (χ2n) is 8.83. The Bertz CT molecular complexity index is 1470. The Labute approximate surface area is 231 Å². The summed E-state index contributed by atoms with van der Waals surface area (Å²) in [7, 11) is 3.12. The lowest BCUT2D eigenvalue weighted by Gasteiger charge is -2.18. The van der Waals surface area contributed by atoms with Gasteiger partial charge in [-0.25, -0.2) is 9.78 Å². The molecule has 11 heteroatoms. The predicted octanol–water partition coefficient (Wildman–Crippen LogP) is 4.29. The van der Waals surface area contributed by atoms with Crippen molar-refractivity contribution in [1.29, 1.82) is 5.41 Å². The van der Waals surface area contributed by atoms with Gasteiger partial charge in [0.25, 0.3) is 11.8 Å². The molecule has 4 rings (SSSR count). The maximum Gasteiger partial charge on any atom is 0.355 e. The summed E-state index contributed by atoms with van der Waals surface area (Å²) >= 11 is 0. The number of nitrogens with one attached hydrogen (secondary N) is 2. The van der Waals surface area contributed by atoms with Gasteiger partial charge in [0.15, 0.2) is 5.69 Å². The van der Waals surface area contributed by atoms with Crippen LogP contribution in [-0.2, 0) is 0 Å². The van der Waals surface area contributed by atoms with Crippen molar-refractivity contribution in [2.75, 3.05) is 19.5 Å². The first-order valence-electron chi connectivity index (χ1n) is 11.8. The fourth-order valence-corrected chi connectivity index (χ4v) is 4.04. The molecule has 10 nitrogen and oxygen atoms in total. The van der Waals surface area contributed by atoms with Crippen LogP contribution >= 0.6 is 12.4 Å². The highest BCUT2D eigenvalue weighted by Gasteiger charge is 2.31. The van der Waals surface area contributed by atoms with Gasteiger partial charge in [-0.2, -0.15) is 0 Å². The second-order valence-corrected chi connectivity index (χ2v) is 8.83. The first kappa shape index (κ1) is 28.9. The van der Waals surface area contributed by atoms with Crippen LogP contribution in [0.3, 0.4) is 0 Å². The van der Waals surface area contributed by atoms with Crippen LogP contribution in [0.2, 0.25) is 0 Å². The van der Waals surface area contributed by atoms with E-state index < -0.39 is 11.9 Å². The number of rotatable bonds is 9. The van der Waals surface area contributed by atoms with Gasteiger partial charge < -0.3 is 25.8 Å². The minimum absolute atomic E-state index is 0. The minimum atomic E-state index is -1.35. The van der Waals surface area contributed by atoms with E-state index >= 15 is 0 Å². The molecule has 0 saturated heterocycles.